The van der Waals surface area contributed by atoms with Crippen molar-refractivity contribution >= 4 is 23.5 Å². The highest BCUT2D eigenvalue weighted by Crippen LogP contribution is 2.16. The van der Waals surface area contributed by atoms with E-state index in [1.54, 1.807) is 19.1 Å². The minimum Gasteiger partial charge on any atom is -0.459 e. The predicted molar refractivity (Wildman–Crippen MR) is 134 cm³/mol. The molecule has 0 bridgehead atoms. The van der Waals surface area contributed by atoms with E-state index in [4.69, 9.17) is 16.3 Å². The van der Waals surface area contributed by atoms with E-state index < -0.39 is 11.9 Å². The summed E-state index contributed by atoms with van der Waals surface area (Å²) in [5.41, 5.74) is 2.70. The maximum Gasteiger partial charge on any atom is 0.397 e. The van der Waals surface area contributed by atoms with Gasteiger partial charge in [-0.25, -0.2) is 4.79 Å². The van der Waals surface area contributed by atoms with Crippen LogP contribution in [0.15, 0.2) is 48.5 Å². The van der Waals surface area contributed by atoms with Crippen LogP contribution in [0.25, 0.3) is 0 Å². The lowest BCUT2D eigenvalue weighted by atomic mass is 10.1. The topological polar surface area (TPSA) is 46.6 Å². The summed E-state index contributed by atoms with van der Waals surface area (Å²) in [6, 6.07) is 15.1. The third-order valence-corrected chi connectivity index (χ3v) is 5.45. The number of carbonyl (C=O) groups is 2. The first kappa shape index (κ1) is 26.5. The first-order chi connectivity index (χ1) is 16.0. The maximum atomic E-state index is 12.7. The van der Waals surface area contributed by atoms with Crippen LogP contribution in [-0.2, 0) is 27.4 Å². The van der Waals surface area contributed by atoms with Gasteiger partial charge in [0.1, 0.15) is 0 Å². The van der Waals surface area contributed by atoms with Gasteiger partial charge in [0.2, 0.25) is 0 Å². The molecule has 0 aromatic heterocycles. The van der Waals surface area contributed by atoms with Crippen LogP contribution in [-0.4, -0.2) is 23.4 Å². The van der Waals surface area contributed by atoms with Crippen LogP contribution >= 0.6 is 11.6 Å². The summed E-state index contributed by atoms with van der Waals surface area (Å²) in [4.78, 5) is 26.2. The molecule has 0 radical (unpaired) electrons. The molecule has 176 valence electrons. The average Bonchev–Trinajstić information content (AvgIpc) is 2.81. The fraction of sp³-hybridized carbons (Fsp3) is 0.429. The summed E-state index contributed by atoms with van der Waals surface area (Å²) in [5.74, 6) is 4.94. The highest BCUT2D eigenvalue weighted by Gasteiger charge is 2.23. The van der Waals surface area contributed by atoms with Crippen molar-refractivity contribution in [3.05, 3.63) is 70.2 Å². The van der Waals surface area contributed by atoms with E-state index in [1.165, 1.54) is 37.0 Å². The quantitative estimate of drug-likeness (QED) is 0.163. The summed E-state index contributed by atoms with van der Waals surface area (Å²) in [7, 11) is 0. The molecule has 2 aromatic rings. The van der Waals surface area contributed by atoms with Crippen molar-refractivity contribution in [2.45, 2.75) is 71.9 Å². The number of halogens is 1. The molecule has 0 N–H and O–H groups in total. The van der Waals surface area contributed by atoms with Gasteiger partial charge in [-0.3, -0.25) is 4.79 Å². The van der Waals surface area contributed by atoms with Crippen molar-refractivity contribution < 1.29 is 14.3 Å². The molecule has 0 saturated carbocycles. The number of unbranched alkanes of at least 4 members (excludes halogenated alkanes) is 6. The monoisotopic (exact) mass is 467 g/mol. The molecule has 0 unspecified atom stereocenters. The second-order valence-corrected chi connectivity index (χ2v) is 8.46. The van der Waals surface area contributed by atoms with Gasteiger partial charge in [0.05, 0.1) is 6.61 Å². The minimum atomic E-state index is -0.850. The van der Waals surface area contributed by atoms with Gasteiger partial charge in [-0.05, 0) is 48.7 Å². The van der Waals surface area contributed by atoms with Gasteiger partial charge in [0.15, 0.2) is 0 Å². The Morgan fingerprint density at radius 3 is 2.30 bits per heavy atom. The molecule has 1 amide bonds. The van der Waals surface area contributed by atoms with Crippen molar-refractivity contribution in [1.82, 2.24) is 4.90 Å². The summed E-state index contributed by atoms with van der Waals surface area (Å²) < 4.78 is 4.92. The van der Waals surface area contributed by atoms with Gasteiger partial charge in [0.25, 0.3) is 0 Å². The zero-order valence-corrected chi connectivity index (χ0v) is 20.5. The molecule has 5 heteroatoms. The van der Waals surface area contributed by atoms with E-state index in [-0.39, 0.29) is 19.7 Å². The lowest BCUT2D eigenvalue weighted by Crippen LogP contribution is -2.36. The molecular formula is C28H34ClNO3. The van der Waals surface area contributed by atoms with Crippen molar-refractivity contribution in [1.29, 1.82) is 0 Å². The molecule has 33 heavy (non-hydrogen) atoms. The average molecular weight is 468 g/mol. The standard InChI is InChI=1S/C28H34ClNO3/c1-3-5-6-7-8-9-10-11-13-23-16-18-24(19-17-23)21-30(27(31)28(32)33-4-2)22-25-14-12-15-26(29)20-25/h12,14-20H,3-10,21-22H2,1-2H3. The van der Waals surface area contributed by atoms with Gasteiger partial charge in [-0.15, -0.1) is 0 Å². The third kappa shape index (κ3) is 10.1. The molecule has 2 rings (SSSR count). The second kappa shape index (κ2) is 15.1. The van der Waals surface area contributed by atoms with Gasteiger partial charge in [-0.2, -0.15) is 0 Å². The molecule has 0 atom stereocenters. The minimum absolute atomic E-state index is 0.154. The van der Waals surface area contributed by atoms with Crippen LogP contribution in [0.1, 0.15) is 75.5 Å². The molecule has 0 spiro atoms. The number of rotatable bonds is 11. The lowest BCUT2D eigenvalue weighted by molar-refractivity contribution is -0.160. The Morgan fingerprint density at radius 2 is 1.61 bits per heavy atom. The molecule has 0 saturated heterocycles. The van der Waals surface area contributed by atoms with Gasteiger partial charge in [-0.1, -0.05) is 86.7 Å². The van der Waals surface area contributed by atoms with Crippen LogP contribution in [0.3, 0.4) is 0 Å². The Hall–Kier alpha value is -2.77. The Labute approximate surface area is 203 Å². The fourth-order valence-electron chi connectivity index (χ4n) is 3.45. The molecule has 0 fully saturated rings. The highest BCUT2D eigenvalue weighted by atomic mass is 35.5. The number of esters is 1. The second-order valence-electron chi connectivity index (χ2n) is 8.03. The molecule has 0 aliphatic heterocycles. The summed E-state index contributed by atoms with van der Waals surface area (Å²) in [6.45, 7) is 4.61. The smallest absolute Gasteiger partial charge is 0.397 e. The molecule has 2 aromatic carbocycles. The summed E-state index contributed by atoms with van der Waals surface area (Å²) in [6.07, 6.45) is 8.49. The number of carbonyl (C=O) groups excluding carboxylic acids is 2. The van der Waals surface area contributed by atoms with E-state index in [0.29, 0.717) is 5.02 Å². The first-order valence-electron chi connectivity index (χ1n) is 11.8. The SMILES string of the molecule is CCCCCCCCC#Cc1ccc(CN(Cc2cccc(Cl)c2)C(=O)C(=O)OCC)cc1. The van der Waals surface area contributed by atoms with E-state index in [9.17, 15) is 9.59 Å². The van der Waals surface area contributed by atoms with Crippen molar-refractivity contribution in [3.8, 4) is 11.8 Å². The number of nitrogens with zero attached hydrogens (tertiary/aromatic N) is 1. The van der Waals surface area contributed by atoms with Crippen molar-refractivity contribution in [2.24, 2.45) is 0 Å². The number of hydrogen-bond donors (Lipinski definition) is 0. The fourth-order valence-corrected chi connectivity index (χ4v) is 3.66. The summed E-state index contributed by atoms with van der Waals surface area (Å²) in [5, 5.41) is 0.583. The van der Waals surface area contributed by atoms with E-state index in [0.717, 1.165) is 29.5 Å². The van der Waals surface area contributed by atoms with Crippen molar-refractivity contribution in [2.75, 3.05) is 6.61 Å². The Kier molecular flexibility index (Phi) is 12.1. The number of ether oxygens (including phenoxy) is 1. The van der Waals surface area contributed by atoms with Crippen LogP contribution in [0.2, 0.25) is 5.02 Å². The van der Waals surface area contributed by atoms with E-state index in [2.05, 4.69) is 18.8 Å². The Morgan fingerprint density at radius 1 is 0.909 bits per heavy atom. The predicted octanol–water partition coefficient (Wildman–Crippen LogP) is 6.53. The van der Waals surface area contributed by atoms with Crippen LogP contribution < -0.4 is 0 Å². The Bertz CT molecular complexity index is 944. The van der Waals surface area contributed by atoms with Crippen molar-refractivity contribution in [3.63, 3.8) is 0 Å². The van der Waals surface area contributed by atoms with Gasteiger partial charge in [0, 0.05) is 30.1 Å². The van der Waals surface area contributed by atoms with Gasteiger partial charge >= 0.3 is 11.9 Å². The highest BCUT2D eigenvalue weighted by molar-refractivity contribution is 6.32. The molecule has 0 heterocycles. The van der Waals surface area contributed by atoms with Crippen LogP contribution in [0, 0.1) is 11.8 Å². The number of amides is 1. The first-order valence-corrected chi connectivity index (χ1v) is 12.2. The van der Waals surface area contributed by atoms with E-state index in [1.807, 2.05) is 36.4 Å². The third-order valence-electron chi connectivity index (χ3n) is 5.22. The normalized spacial score (nSPS) is 10.3. The maximum absolute atomic E-state index is 12.7. The zero-order valence-electron chi connectivity index (χ0n) is 19.7. The number of benzene rings is 2. The Balaban J connectivity index is 1.97. The van der Waals surface area contributed by atoms with Gasteiger partial charge < -0.3 is 9.64 Å². The lowest BCUT2D eigenvalue weighted by Gasteiger charge is -2.22. The molecule has 0 aliphatic carbocycles. The summed E-state index contributed by atoms with van der Waals surface area (Å²) >= 11 is 6.08. The molecule has 0 aliphatic rings. The largest absolute Gasteiger partial charge is 0.459 e. The molecular weight excluding hydrogens is 434 g/mol. The zero-order chi connectivity index (χ0) is 23.9. The van der Waals surface area contributed by atoms with Crippen LogP contribution in [0.4, 0.5) is 0 Å². The molecule has 4 nitrogen and oxygen atoms in total. The van der Waals surface area contributed by atoms with Crippen LogP contribution in [0.5, 0.6) is 0 Å². The van der Waals surface area contributed by atoms with E-state index >= 15 is 0 Å². The number of hydrogen-bond acceptors (Lipinski definition) is 3.